The lowest BCUT2D eigenvalue weighted by atomic mass is 9.96. The van der Waals surface area contributed by atoms with E-state index in [1.807, 2.05) is 31.2 Å². The summed E-state index contributed by atoms with van der Waals surface area (Å²) in [5.74, 6) is 0. The maximum atomic E-state index is 5.76. The van der Waals surface area contributed by atoms with Crippen LogP contribution in [0.15, 0.2) is 29.4 Å². The number of nitrogens with two attached hydrogens (primary N) is 1. The molecular weight excluding hydrogens is 268 g/mol. The highest BCUT2D eigenvalue weighted by Gasteiger charge is 2.13. The van der Waals surface area contributed by atoms with E-state index in [1.54, 1.807) is 0 Å². The van der Waals surface area contributed by atoms with Gasteiger partial charge in [-0.1, -0.05) is 31.4 Å². The Morgan fingerprint density at radius 2 is 2.05 bits per heavy atom. The minimum Gasteiger partial charge on any atom is -0.399 e. The fourth-order valence-electron chi connectivity index (χ4n) is 2.43. The summed E-state index contributed by atoms with van der Waals surface area (Å²) in [4.78, 5) is 0. The standard InChI is InChI=1S/C15H22N4S/c1-11(12-6-5-7-13(16)10-12)18-19-15(20)17-14-8-3-2-4-9-14/h5-7,10,14H,2-4,8-9,16H2,1H3,(H2,17,19,20)/b18-11-. The molecule has 0 aliphatic heterocycles. The number of hydrogen-bond acceptors (Lipinski definition) is 3. The Bertz CT molecular complexity index is 492. The lowest BCUT2D eigenvalue weighted by Crippen LogP contribution is -2.41. The molecule has 0 bridgehead atoms. The molecule has 5 heteroatoms. The van der Waals surface area contributed by atoms with Crippen LogP contribution in [-0.2, 0) is 0 Å². The van der Waals surface area contributed by atoms with Crippen LogP contribution in [0.25, 0.3) is 0 Å². The summed E-state index contributed by atoms with van der Waals surface area (Å²) in [6, 6.07) is 8.15. The van der Waals surface area contributed by atoms with Crippen molar-refractivity contribution in [3.05, 3.63) is 29.8 Å². The summed E-state index contributed by atoms with van der Waals surface area (Å²) in [6.07, 6.45) is 6.29. The average molecular weight is 290 g/mol. The van der Waals surface area contributed by atoms with Crippen molar-refractivity contribution in [1.82, 2.24) is 10.7 Å². The Morgan fingerprint density at radius 1 is 1.30 bits per heavy atom. The number of rotatable bonds is 3. The van der Waals surface area contributed by atoms with Crippen molar-refractivity contribution < 1.29 is 0 Å². The molecule has 0 unspecified atom stereocenters. The Morgan fingerprint density at radius 3 is 2.75 bits per heavy atom. The number of hydrazone groups is 1. The summed E-state index contributed by atoms with van der Waals surface area (Å²) >= 11 is 5.27. The van der Waals surface area contributed by atoms with E-state index in [2.05, 4.69) is 15.8 Å². The van der Waals surface area contributed by atoms with Gasteiger partial charge in [-0.2, -0.15) is 5.10 Å². The van der Waals surface area contributed by atoms with Crippen LogP contribution in [0, 0.1) is 0 Å². The van der Waals surface area contributed by atoms with Crippen molar-refractivity contribution in [1.29, 1.82) is 0 Å². The highest BCUT2D eigenvalue weighted by Crippen LogP contribution is 2.17. The number of nitrogen functional groups attached to an aromatic ring is 1. The van der Waals surface area contributed by atoms with Crippen LogP contribution in [0.2, 0.25) is 0 Å². The average Bonchev–Trinajstić information content (AvgIpc) is 2.46. The SMILES string of the molecule is C/C(=N/NC(=S)NC1CCCCC1)c1cccc(N)c1. The summed E-state index contributed by atoms with van der Waals surface area (Å²) in [7, 11) is 0. The van der Waals surface area contributed by atoms with Crippen molar-refractivity contribution in [2.24, 2.45) is 5.10 Å². The molecule has 0 heterocycles. The van der Waals surface area contributed by atoms with Crippen molar-refractivity contribution in [2.45, 2.75) is 45.1 Å². The number of nitrogens with zero attached hydrogens (tertiary/aromatic N) is 1. The van der Waals surface area contributed by atoms with Crippen LogP contribution in [0.4, 0.5) is 5.69 Å². The van der Waals surface area contributed by atoms with E-state index in [0.29, 0.717) is 11.2 Å². The number of thiocarbonyl (C=S) groups is 1. The molecule has 0 spiro atoms. The first-order valence-corrected chi connectivity index (χ1v) is 7.52. The molecule has 2 rings (SSSR count). The van der Waals surface area contributed by atoms with E-state index < -0.39 is 0 Å². The molecule has 0 atom stereocenters. The molecule has 0 amide bonds. The van der Waals surface area contributed by atoms with Gasteiger partial charge in [-0.05, 0) is 49.7 Å². The van der Waals surface area contributed by atoms with E-state index in [9.17, 15) is 0 Å². The second-order valence-corrected chi connectivity index (χ2v) is 5.65. The maximum absolute atomic E-state index is 5.76. The van der Waals surface area contributed by atoms with Gasteiger partial charge < -0.3 is 11.1 Å². The Labute approximate surface area is 125 Å². The molecule has 1 aliphatic carbocycles. The third-order valence-corrected chi connectivity index (χ3v) is 3.78. The van der Waals surface area contributed by atoms with E-state index in [4.69, 9.17) is 18.0 Å². The Hall–Kier alpha value is -1.62. The maximum Gasteiger partial charge on any atom is 0.187 e. The molecule has 108 valence electrons. The van der Waals surface area contributed by atoms with Crippen molar-refractivity contribution >= 4 is 28.7 Å². The quantitative estimate of drug-likeness (QED) is 0.347. The lowest BCUT2D eigenvalue weighted by molar-refractivity contribution is 0.412. The minimum atomic E-state index is 0.492. The highest BCUT2D eigenvalue weighted by molar-refractivity contribution is 7.80. The summed E-state index contributed by atoms with van der Waals surface area (Å²) < 4.78 is 0. The van der Waals surface area contributed by atoms with E-state index in [0.717, 1.165) is 17.0 Å². The number of hydrogen-bond donors (Lipinski definition) is 3. The predicted molar refractivity (Wildman–Crippen MR) is 88.8 cm³/mol. The van der Waals surface area contributed by atoms with Crippen LogP contribution in [0.3, 0.4) is 0 Å². The van der Waals surface area contributed by atoms with Crippen LogP contribution in [-0.4, -0.2) is 16.9 Å². The van der Waals surface area contributed by atoms with Gasteiger partial charge in [0.25, 0.3) is 0 Å². The molecule has 1 aromatic carbocycles. The normalized spacial score (nSPS) is 16.8. The van der Waals surface area contributed by atoms with Crippen LogP contribution in [0.1, 0.15) is 44.6 Å². The van der Waals surface area contributed by atoms with Gasteiger partial charge in [0.05, 0.1) is 5.71 Å². The summed E-state index contributed by atoms with van der Waals surface area (Å²) in [6.45, 7) is 1.94. The second kappa shape index (κ2) is 7.24. The molecular formula is C15H22N4S. The van der Waals surface area contributed by atoms with E-state index >= 15 is 0 Å². The summed E-state index contributed by atoms with van der Waals surface area (Å²) in [5.41, 5.74) is 11.3. The third kappa shape index (κ3) is 4.49. The number of anilines is 1. The third-order valence-electron chi connectivity index (χ3n) is 3.57. The van der Waals surface area contributed by atoms with Crippen LogP contribution >= 0.6 is 12.2 Å². The number of nitrogens with one attached hydrogen (secondary N) is 2. The van der Waals surface area contributed by atoms with Gasteiger partial charge in [-0.3, -0.25) is 5.43 Å². The fraction of sp³-hybridized carbons (Fsp3) is 0.467. The summed E-state index contributed by atoms with van der Waals surface area (Å²) in [5, 5.41) is 8.23. The lowest BCUT2D eigenvalue weighted by Gasteiger charge is -2.23. The zero-order valence-corrected chi connectivity index (χ0v) is 12.7. The van der Waals surface area contributed by atoms with Gasteiger partial charge >= 0.3 is 0 Å². The molecule has 0 saturated heterocycles. The zero-order valence-electron chi connectivity index (χ0n) is 11.9. The van der Waals surface area contributed by atoms with Gasteiger partial charge in [0.15, 0.2) is 5.11 Å². The zero-order chi connectivity index (χ0) is 14.4. The number of benzene rings is 1. The Kier molecular flexibility index (Phi) is 5.35. The fourth-order valence-corrected chi connectivity index (χ4v) is 2.64. The van der Waals surface area contributed by atoms with Gasteiger partial charge in [0, 0.05) is 11.7 Å². The molecule has 1 fully saturated rings. The van der Waals surface area contributed by atoms with Crippen LogP contribution in [0.5, 0.6) is 0 Å². The second-order valence-electron chi connectivity index (χ2n) is 5.24. The highest BCUT2D eigenvalue weighted by atomic mass is 32.1. The van der Waals surface area contributed by atoms with Crippen LogP contribution < -0.4 is 16.5 Å². The monoisotopic (exact) mass is 290 g/mol. The topological polar surface area (TPSA) is 62.4 Å². The van der Waals surface area contributed by atoms with Crippen molar-refractivity contribution in [3.8, 4) is 0 Å². The van der Waals surface area contributed by atoms with Crippen molar-refractivity contribution in [3.63, 3.8) is 0 Å². The molecule has 4 N–H and O–H groups in total. The molecule has 1 aliphatic rings. The van der Waals surface area contributed by atoms with Gasteiger partial charge in [0.2, 0.25) is 0 Å². The van der Waals surface area contributed by atoms with Gasteiger partial charge in [-0.25, -0.2) is 0 Å². The van der Waals surface area contributed by atoms with E-state index in [-0.39, 0.29) is 0 Å². The van der Waals surface area contributed by atoms with Gasteiger partial charge in [-0.15, -0.1) is 0 Å². The molecule has 1 saturated carbocycles. The molecule has 0 radical (unpaired) electrons. The van der Waals surface area contributed by atoms with Gasteiger partial charge in [0.1, 0.15) is 0 Å². The first-order valence-electron chi connectivity index (χ1n) is 7.12. The first-order chi connectivity index (χ1) is 9.65. The minimum absolute atomic E-state index is 0.492. The first kappa shape index (κ1) is 14.8. The Balaban J connectivity index is 1.86. The predicted octanol–water partition coefficient (Wildman–Crippen LogP) is 2.79. The smallest absolute Gasteiger partial charge is 0.187 e. The largest absolute Gasteiger partial charge is 0.399 e. The molecule has 20 heavy (non-hydrogen) atoms. The molecule has 0 aromatic heterocycles. The van der Waals surface area contributed by atoms with E-state index in [1.165, 1.54) is 32.1 Å². The van der Waals surface area contributed by atoms with Crippen molar-refractivity contribution in [2.75, 3.05) is 5.73 Å². The molecule has 1 aromatic rings. The molecule has 4 nitrogen and oxygen atoms in total.